The molecule has 2 rings (SSSR count). The minimum absolute atomic E-state index is 0.0687. The third kappa shape index (κ3) is 6.38. The van der Waals surface area contributed by atoms with Crippen LogP contribution in [0.4, 0.5) is 0 Å². The SMILES string of the molecule is CC[C@@H](C)NC(=O)[C@H](C)N(Cc1ccc(Cl)cc1)C(=O)Cc1cccc(C)c1. The van der Waals surface area contributed by atoms with Gasteiger partial charge in [-0.15, -0.1) is 0 Å². The number of benzene rings is 2. The van der Waals surface area contributed by atoms with E-state index in [4.69, 9.17) is 11.6 Å². The fourth-order valence-corrected chi connectivity index (χ4v) is 3.06. The Labute approximate surface area is 172 Å². The van der Waals surface area contributed by atoms with Gasteiger partial charge in [-0.25, -0.2) is 0 Å². The monoisotopic (exact) mass is 400 g/mol. The second kappa shape index (κ2) is 10.3. The number of aryl methyl sites for hydroxylation is 1. The van der Waals surface area contributed by atoms with Gasteiger partial charge in [-0.3, -0.25) is 9.59 Å². The zero-order chi connectivity index (χ0) is 20.7. The molecule has 0 saturated heterocycles. The molecule has 0 aliphatic heterocycles. The Bertz CT molecular complexity index is 805. The van der Waals surface area contributed by atoms with E-state index in [1.807, 2.05) is 57.2 Å². The van der Waals surface area contributed by atoms with E-state index in [9.17, 15) is 9.59 Å². The van der Waals surface area contributed by atoms with Crippen LogP contribution >= 0.6 is 11.6 Å². The molecule has 4 nitrogen and oxygen atoms in total. The highest BCUT2D eigenvalue weighted by molar-refractivity contribution is 6.30. The van der Waals surface area contributed by atoms with E-state index in [0.717, 1.165) is 23.1 Å². The van der Waals surface area contributed by atoms with Crippen molar-refractivity contribution in [2.24, 2.45) is 0 Å². The van der Waals surface area contributed by atoms with E-state index in [1.165, 1.54) is 0 Å². The number of hydrogen-bond acceptors (Lipinski definition) is 2. The maximum atomic E-state index is 13.1. The molecule has 5 heteroatoms. The summed E-state index contributed by atoms with van der Waals surface area (Å²) in [5.41, 5.74) is 2.99. The van der Waals surface area contributed by atoms with Crippen LogP contribution in [0.25, 0.3) is 0 Å². The third-order valence-corrected chi connectivity index (χ3v) is 5.12. The summed E-state index contributed by atoms with van der Waals surface area (Å²) in [4.78, 5) is 27.4. The Balaban J connectivity index is 2.22. The number of nitrogens with zero attached hydrogens (tertiary/aromatic N) is 1. The van der Waals surface area contributed by atoms with Crippen molar-refractivity contribution in [1.82, 2.24) is 10.2 Å². The maximum absolute atomic E-state index is 13.1. The first-order valence-electron chi connectivity index (χ1n) is 9.70. The van der Waals surface area contributed by atoms with Crippen molar-refractivity contribution >= 4 is 23.4 Å². The lowest BCUT2D eigenvalue weighted by molar-refractivity contribution is -0.140. The van der Waals surface area contributed by atoms with Gasteiger partial charge in [0, 0.05) is 17.6 Å². The van der Waals surface area contributed by atoms with Crippen molar-refractivity contribution in [3.05, 3.63) is 70.2 Å². The summed E-state index contributed by atoms with van der Waals surface area (Å²) in [6.07, 6.45) is 1.10. The van der Waals surface area contributed by atoms with Crippen molar-refractivity contribution in [1.29, 1.82) is 0 Å². The Morgan fingerprint density at radius 1 is 1.07 bits per heavy atom. The Morgan fingerprint density at radius 2 is 1.75 bits per heavy atom. The lowest BCUT2D eigenvalue weighted by atomic mass is 10.1. The minimum atomic E-state index is -0.568. The zero-order valence-corrected chi connectivity index (χ0v) is 17.8. The van der Waals surface area contributed by atoms with Crippen LogP contribution in [0.5, 0.6) is 0 Å². The molecule has 28 heavy (non-hydrogen) atoms. The number of carbonyl (C=O) groups is 2. The topological polar surface area (TPSA) is 49.4 Å². The van der Waals surface area contributed by atoms with Gasteiger partial charge in [-0.05, 0) is 50.5 Å². The molecule has 0 aromatic heterocycles. The molecule has 0 spiro atoms. The first-order chi connectivity index (χ1) is 13.3. The van der Waals surface area contributed by atoms with Gasteiger partial charge >= 0.3 is 0 Å². The van der Waals surface area contributed by atoms with Crippen molar-refractivity contribution < 1.29 is 9.59 Å². The molecule has 0 aliphatic carbocycles. The molecule has 0 saturated carbocycles. The fourth-order valence-electron chi connectivity index (χ4n) is 2.93. The molecular weight excluding hydrogens is 372 g/mol. The number of rotatable bonds is 8. The van der Waals surface area contributed by atoms with Gasteiger partial charge in [-0.2, -0.15) is 0 Å². The van der Waals surface area contributed by atoms with Gasteiger partial charge in [-0.1, -0.05) is 60.5 Å². The predicted molar refractivity (Wildman–Crippen MR) is 114 cm³/mol. The summed E-state index contributed by atoms with van der Waals surface area (Å²) in [7, 11) is 0. The second-order valence-electron chi connectivity index (χ2n) is 7.31. The standard InChI is InChI=1S/C23H29ClN2O2/c1-5-17(3)25-23(28)18(4)26(15-19-9-11-21(24)12-10-19)22(27)14-20-8-6-7-16(2)13-20/h6-13,17-18H,5,14-15H2,1-4H3,(H,25,28)/t17-,18+/m1/s1. The normalized spacial score (nSPS) is 12.9. The number of carbonyl (C=O) groups excluding carboxylic acids is 2. The molecular formula is C23H29ClN2O2. The van der Waals surface area contributed by atoms with Crippen molar-refractivity contribution in [3.8, 4) is 0 Å². The highest BCUT2D eigenvalue weighted by Gasteiger charge is 2.26. The smallest absolute Gasteiger partial charge is 0.242 e. The molecule has 1 N–H and O–H groups in total. The third-order valence-electron chi connectivity index (χ3n) is 4.87. The largest absolute Gasteiger partial charge is 0.352 e. The molecule has 2 atom stereocenters. The Hall–Kier alpha value is -2.33. The van der Waals surface area contributed by atoms with Crippen LogP contribution in [0.15, 0.2) is 48.5 Å². The number of nitrogens with one attached hydrogen (secondary N) is 1. The molecule has 0 unspecified atom stereocenters. The lowest BCUT2D eigenvalue weighted by Gasteiger charge is -2.30. The van der Waals surface area contributed by atoms with Crippen LogP contribution in [-0.2, 0) is 22.6 Å². The van der Waals surface area contributed by atoms with Crippen LogP contribution in [0, 0.1) is 6.92 Å². The molecule has 0 bridgehead atoms. The molecule has 2 aromatic carbocycles. The first-order valence-corrected chi connectivity index (χ1v) is 10.1. The molecule has 0 radical (unpaired) electrons. The molecule has 0 aliphatic rings. The fraction of sp³-hybridized carbons (Fsp3) is 0.391. The van der Waals surface area contributed by atoms with Gasteiger partial charge in [0.1, 0.15) is 6.04 Å². The van der Waals surface area contributed by atoms with E-state index in [0.29, 0.717) is 11.6 Å². The van der Waals surface area contributed by atoms with Crippen LogP contribution < -0.4 is 5.32 Å². The number of amides is 2. The van der Waals surface area contributed by atoms with Crippen LogP contribution in [0.2, 0.25) is 5.02 Å². The Kier molecular flexibility index (Phi) is 8.06. The van der Waals surface area contributed by atoms with Gasteiger partial charge in [0.15, 0.2) is 0 Å². The average molecular weight is 401 g/mol. The van der Waals surface area contributed by atoms with Crippen molar-refractivity contribution in [2.75, 3.05) is 0 Å². The van der Waals surface area contributed by atoms with Crippen LogP contribution in [0.1, 0.15) is 43.9 Å². The van der Waals surface area contributed by atoms with Crippen molar-refractivity contribution in [3.63, 3.8) is 0 Å². The molecule has 150 valence electrons. The van der Waals surface area contributed by atoms with E-state index < -0.39 is 6.04 Å². The van der Waals surface area contributed by atoms with Crippen LogP contribution in [0.3, 0.4) is 0 Å². The molecule has 2 aromatic rings. The Morgan fingerprint density at radius 3 is 2.36 bits per heavy atom. The van der Waals surface area contributed by atoms with Crippen molar-refractivity contribution in [2.45, 2.75) is 59.2 Å². The summed E-state index contributed by atoms with van der Waals surface area (Å²) in [6.45, 7) is 8.12. The molecule has 0 fully saturated rings. The summed E-state index contributed by atoms with van der Waals surface area (Å²) >= 11 is 5.97. The number of halogens is 1. The van der Waals surface area contributed by atoms with E-state index in [1.54, 1.807) is 24.0 Å². The molecule has 2 amide bonds. The first kappa shape index (κ1) is 22.0. The van der Waals surface area contributed by atoms with Gasteiger partial charge in [0.25, 0.3) is 0 Å². The highest BCUT2D eigenvalue weighted by Crippen LogP contribution is 2.16. The van der Waals surface area contributed by atoms with Crippen LogP contribution in [-0.4, -0.2) is 28.8 Å². The minimum Gasteiger partial charge on any atom is -0.352 e. The summed E-state index contributed by atoms with van der Waals surface area (Å²) in [5.74, 6) is -0.215. The average Bonchev–Trinajstić information content (AvgIpc) is 2.66. The summed E-state index contributed by atoms with van der Waals surface area (Å²) in [5, 5.41) is 3.62. The van der Waals surface area contributed by atoms with E-state index in [2.05, 4.69) is 5.32 Å². The maximum Gasteiger partial charge on any atom is 0.242 e. The summed E-state index contributed by atoms with van der Waals surface area (Å²) < 4.78 is 0. The highest BCUT2D eigenvalue weighted by atomic mass is 35.5. The predicted octanol–water partition coefficient (Wildman–Crippen LogP) is 4.52. The number of hydrogen-bond donors (Lipinski definition) is 1. The quantitative estimate of drug-likeness (QED) is 0.708. The molecule has 0 heterocycles. The van der Waals surface area contributed by atoms with Gasteiger partial charge in [0.05, 0.1) is 6.42 Å². The van der Waals surface area contributed by atoms with Gasteiger partial charge in [0.2, 0.25) is 11.8 Å². The van der Waals surface area contributed by atoms with E-state index >= 15 is 0 Å². The second-order valence-corrected chi connectivity index (χ2v) is 7.74. The van der Waals surface area contributed by atoms with Gasteiger partial charge < -0.3 is 10.2 Å². The lowest BCUT2D eigenvalue weighted by Crippen LogP contribution is -2.49. The zero-order valence-electron chi connectivity index (χ0n) is 17.0. The summed E-state index contributed by atoms with van der Waals surface area (Å²) in [6, 6.07) is 14.7. The van der Waals surface area contributed by atoms with E-state index in [-0.39, 0.29) is 24.3 Å².